The van der Waals surface area contributed by atoms with Crippen LogP contribution in [-0.4, -0.2) is 61.0 Å². The Morgan fingerprint density at radius 3 is 2.58 bits per heavy atom. The Bertz CT molecular complexity index is 1110. The van der Waals surface area contributed by atoms with E-state index in [1.165, 1.54) is 17.9 Å². The van der Waals surface area contributed by atoms with Gasteiger partial charge in [0.1, 0.15) is 12.4 Å². The number of anilines is 1. The first-order chi connectivity index (χ1) is 19.3. The lowest BCUT2D eigenvalue weighted by Crippen LogP contribution is -2.30. The smallest absolute Gasteiger partial charge is 0.329 e. The molecule has 0 radical (unpaired) electrons. The molecule has 3 rings (SSSR count). The molecular weight excluding hydrogens is 514 g/mol. The number of aliphatic hydroxyl groups excluding tert-OH is 1. The van der Waals surface area contributed by atoms with Crippen LogP contribution in [0.2, 0.25) is 0 Å². The van der Waals surface area contributed by atoms with Gasteiger partial charge in [-0.25, -0.2) is 9.69 Å². The van der Waals surface area contributed by atoms with Gasteiger partial charge in [-0.05, 0) is 74.0 Å². The number of hydrogen-bond acceptors (Lipinski definition) is 8. The van der Waals surface area contributed by atoms with Crippen molar-refractivity contribution in [2.75, 3.05) is 37.7 Å². The van der Waals surface area contributed by atoms with E-state index in [0.29, 0.717) is 30.0 Å². The fraction of sp³-hybridized carbons (Fsp3) is 0.500. The van der Waals surface area contributed by atoms with Crippen LogP contribution >= 0.6 is 0 Å². The van der Waals surface area contributed by atoms with Crippen LogP contribution in [0.25, 0.3) is 0 Å². The molecule has 0 bridgehead atoms. The Hall–Kier alpha value is -3.47. The number of benzene rings is 2. The maximum Gasteiger partial charge on any atom is 0.329 e. The zero-order valence-corrected chi connectivity index (χ0v) is 23.2. The second-order valence-corrected chi connectivity index (χ2v) is 9.93. The Morgan fingerprint density at radius 1 is 1.05 bits per heavy atom. The van der Waals surface area contributed by atoms with Crippen LogP contribution in [0.5, 0.6) is 5.75 Å². The molecule has 3 amide bonds. The second-order valence-electron chi connectivity index (χ2n) is 9.93. The predicted molar refractivity (Wildman–Crippen MR) is 151 cm³/mol. The summed E-state index contributed by atoms with van der Waals surface area (Å²) in [7, 11) is 0. The van der Waals surface area contributed by atoms with Gasteiger partial charge in [0.05, 0.1) is 18.3 Å². The molecule has 2 aromatic carbocycles. The summed E-state index contributed by atoms with van der Waals surface area (Å²) in [6, 6.07) is 12.0. The van der Waals surface area contributed by atoms with Gasteiger partial charge in [0.2, 0.25) is 0 Å². The van der Waals surface area contributed by atoms with Crippen molar-refractivity contribution in [1.82, 2.24) is 10.6 Å². The maximum absolute atomic E-state index is 11.9. The van der Waals surface area contributed by atoms with Crippen molar-refractivity contribution in [3.05, 3.63) is 59.2 Å². The minimum atomic E-state index is -0.718. The number of phenolic OH excluding ortho intramolecular Hbond substituents is 1. The molecule has 0 spiro atoms. The number of phenols is 1. The third-order valence-corrected chi connectivity index (χ3v) is 6.67. The van der Waals surface area contributed by atoms with E-state index in [1.807, 2.05) is 18.2 Å². The van der Waals surface area contributed by atoms with Crippen LogP contribution in [0.3, 0.4) is 0 Å². The van der Waals surface area contributed by atoms with E-state index < -0.39 is 12.1 Å². The van der Waals surface area contributed by atoms with Crippen molar-refractivity contribution in [2.45, 2.75) is 64.6 Å². The molecule has 218 valence electrons. The Labute approximate surface area is 235 Å². The van der Waals surface area contributed by atoms with Crippen LogP contribution < -0.4 is 15.5 Å². The first kappa shape index (κ1) is 31.1. The van der Waals surface area contributed by atoms with Gasteiger partial charge in [0, 0.05) is 32.2 Å². The molecule has 4 N–H and O–H groups in total. The number of aliphatic hydroxyl groups is 1. The number of amides is 3. The molecule has 2 aromatic rings. The third kappa shape index (κ3) is 10.3. The average Bonchev–Trinajstić information content (AvgIpc) is 3.28. The van der Waals surface area contributed by atoms with Gasteiger partial charge in [-0.2, -0.15) is 0 Å². The molecule has 1 aliphatic heterocycles. The van der Waals surface area contributed by atoms with Crippen LogP contribution in [0.1, 0.15) is 68.2 Å². The number of esters is 1. The third-order valence-electron chi connectivity index (χ3n) is 6.67. The number of imide groups is 1. The average molecular weight is 556 g/mol. The van der Waals surface area contributed by atoms with Crippen LogP contribution in [-0.2, 0) is 32.1 Å². The van der Waals surface area contributed by atoms with Gasteiger partial charge in [0.15, 0.2) is 0 Å². The number of carbonyl (C=O) groups is 3. The quantitative estimate of drug-likeness (QED) is 0.124. The van der Waals surface area contributed by atoms with Crippen molar-refractivity contribution in [3.63, 3.8) is 0 Å². The highest BCUT2D eigenvalue weighted by molar-refractivity contribution is 6.19. The number of nitrogens with zero attached hydrogens (tertiary/aromatic N) is 1. The summed E-state index contributed by atoms with van der Waals surface area (Å²) >= 11 is 0. The van der Waals surface area contributed by atoms with E-state index in [1.54, 1.807) is 18.2 Å². The van der Waals surface area contributed by atoms with Gasteiger partial charge in [-0.1, -0.05) is 31.0 Å². The van der Waals surface area contributed by atoms with Gasteiger partial charge in [0.25, 0.3) is 5.91 Å². The van der Waals surface area contributed by atoms with Gasteiger partial charge in [-0.15, -0.1) is 0 Å². The summed E-state index contributed by atoms with van der Waals surface area (Å²) in [5.41, 5.74) is 2.83. The Kier molecular flexibility index (Phi) is 12.9. The molecule has 1 aliphatic rings. The fourth-order valence-electron chi connectivity index (χ4n) is 4.44. The minimum Gasteiger partial charge on any atom is -0.508 e. The standard InChI is InChI=1S/C30H41N3O7/c1-22(34)40-21-25-18-24(12-13-27(25)35)28(36)19-31-14-5-2-3-6-15-39-16-7-4-9-23-10-8-11-26(17-23)33-29(37)20-32-30(33)38/h8,10-13,17-18,28,31,35-36H,2-7,9,14-16,19-21H2,1H3,(H,32,38)/t28-/m0/s1. The molecule has 0 aliphatic carbocycles. The number of aromatic hydroxyl groups is 1. The van der Waals surface area contributed by atoms with Gasteiger partial charge < -0.3 is 30.3 Å². The summed E-state index contributed by atoms with van der Waals surface area (Å²) < 4.78 is 10.7. The second kappa shape index (κ2) is 16.6. The van der Waals surface area contributed by atoms with Crippen molar-refractivity contribution in [2.24, 2.45) is 0 Å². The summed E-state index contributed by atoms with van der Waals surface area (Å²) in [5.74, 6) is -0.626. The first-order valence-electron chi connectivity index (χ1n) is 14.0. The number of ether oxygens (including phenoxy) is 2. The molecule has 10 nitrogen and oxygen atoms in total. The number of rotatable bonds is 18. The molecular formula is C30H41N3O7. The number of aryl methyl sites for hydroxylation is 1. The summed E-state index contributed by atoms with van der Waals surface area (Å²) in [4.78, 5) is 35.9. The topological polar surface area (TPSA) is 137 Å². The van der Waals surface area contributed by atoms with Crippen molar-refractivity contribution < 1.29 is 34.1 Å². The zero-order chi connectivity index (χ0) is 28.7. The number of hydrogen-bond donors (Lipinski definition) is 4. The van der Waals surface area contributed by atoms with E-state index in [-0.39, 0.29) is 30.8 Å². The number of unbranched alkanes of at least 4 members (excludes halogenated alkanes) is 4. The highest BCUT2D eigenvalue weighted by atomic mass is 16.5. The Morgan fingerprint density at radius 2 is 1.82 bits per heavy atom. The van der Waals surface area contributed by atoms with E-state index >= 15 is 0 Å². The molecule has 0 unspecified atom stereocenters. The largest absolute Gasteiger partial charge is 0.508 e. The Balaban J connectivity index is 1.17. The molecule has 10 heteroatoms. The lowest BCUT2D eigenvalue weighted by Gasteiger charge is -2.14. The molecule has 40 heavy (non-hydrogen) atoms. The predicted octanol–water partition coefficient (Wildman–Crippen LogP) is 3.73. The number of nitrogens with one attached hydrogen (secondary N) is 2. The number of carbonyl (C=O) groups excluding carboxylic acids is 3. The SMILES string of the molecule is CC(=O)OCc1cc([C@@H](O)CNCCCCCCOCCCCc2cccc(N3C(=O)CNC3=O)c2)ccc1O. The van der Waals surface area contributed by atoms with Gasteiger partial charge in [-0.3, -0.25) is 9.59 Å². The van der Waals surface area contributed by atoms with Crippen molar-refractivity contribution >= 4 is 23.6 Å². The van der Waals surface area contributed by atoms with Gasteiger partial charge >= 0.3 is 12.0 Å². The van der Waals surface area contributed by atoms with E-state index in [9.17, 15) is 24.6 Å². The van der Waals surface area contributed by atoms with E-state index in [4.69, 9.17) is 9.47 Å². The summed E-state index contributed by atoms with van der Waals surface area (Å²) in [6.45, 7) is 3.98. The summed E-state index contributed by atoms with van der Waals surface area (Å²) in [6.07, 6.45) is 6.24. The molecule has 1 saturated heterocycles. The maximum atomic E-state index is 11.9. The van der Waals surface area contributed by atoms with Crippen molar-refractivity contribution in [1.29, 1.82) is 0 Å². The fourth-order valence-corrected chi connectivity index (χ4v) is 4.44. The monoisotopic (exact) mass is 555 g/mol. The molecule has 0 saturated carbocycles. The normalized spacial score (nSPS) is 13.9. The van der Waals surface area contributed by atoms with E-state index in [2.05, 4.69) is 10.6 Å². The van der Waals surface area contributed by atoms with Crippen LogP contribution in [0.15, 0.2) is 42.5 Å². The van der Waals surface area contributed by atoms with E-state index in [0.717, 1.165) is 63.7 Å². The lowest BCUT2D eigenvalue weighted by atomic mass is 10.1. The van der Waals surface area contributed by atoms with Crippen LogP contribution in [0, 0.1) is 0 Å². The highest BCUT2D eigenvalue weighted by Crippen LogP contribution is 2.23. The molecule has 1 fully saturated rings. The molecule has 0 aromatic heterocycles. The summed E-state index contributed by atoms with van der Waals surface area (Å²) in [5, 5.41) is 26.1. The van der Waals surface area contributed by atoms with Crippen LogP contribution in [0.4, 0.5) is 10.5 Å². The first-order valence-corrected chi connectivity index (χ1v) is 14.0. The molecule has 1 heterocycles. The highest BCUT2D eigenvalue weighted by Gasteiger charge is 2.29. The molecule has 1 atom stereocenters. The zero-order valence-electron chi connectivity index (χ0n) is 23.2. The lowest BCUT2D eigenvalue weighted by molar-refractivity contribution is -0.142. The number of urea groups is 1. The van der Waals surface area contributed by atoms with Crippen molar-refractivity contribution in [3.8, 4) is 5.75 Å². The minimum absolute atomic E-state index is 0.0291.